The number of aryl methyl sites for hydroxylation is 1. The molecule has 2 aromatic heterocycles. The van der Waals surface area contributed by atoms with Crippen LogP contribution < -0.4 is 10.3 Å². The van der Waals surface area contributed by atoms with Crippen molar-refractivity contribution in [2.45, 2.75) is 96.8 Å². The summed E-state index contributed by atoms with van der Waals surface area (Å²) in [6, 6.07) is 15.2. The van der Waals surface area contributed by atoms with Gasteiger partial charge >= 0.3 is 0 Å². The van der Waals surface area contributed by atoms with Gasteiger partial charge in [-0.3, -0.25) is 9.89 Å². The number of H-pyrrole nitrogens is 1. The predicted octanol–water partition coefficient (Wildman–Crippen LogP) is 7.54. The monoisotopic (exact) mass is 517 g/mol. The van der Waals surface area contributed by atoms with Gasteiger partial charge in [0.2, 0.25) is 0 Å². The summed E-state index contributed by atoms with van der Waals surface area (Å²) in [7, 11) is 1.63. The maximum absolute atomic E-state index is 13.5. The molecule has 1 N–H and O–H groups in total. The number of fused-ring (bicyclic) bond motifs is 1. The molecule has 0 radical (unpaired) electrons. The molecule has 4 aromatic rings. The second-order valence-corrected chi connectivity index (χ2v) is 10.3. The molecule has 204 valence electrons. The third-order valence-corrected chi connectivity index (χ3v) is 7.27. The average molecular weight is 518 g/mol. The lowest BCUT2D eigenvalue weighted by atomic mass is 10.0. The fourth-order valence-corrected chi connectivity index (χ4v) is 5.05. The van der Waals surface area contributed by atoms with Gasteiger partial charge in [-0.2, -0.15) is 0 Å². The van der Waals surface area contributed by atoms with Crippen LogP contribution in [0.5, 0.6) is 5.75 Å². The molecule has 0 spiro atoms. The number of aromatic amines is 1. The minimum absolute atomic E-state index is 0.145. The van der Waals surface area contributed by atoms with Gasteiger partial charge in [0.05, 0.1) is 18.5 Å². The van der Waals surface area contributed by atoms with Crippen LogP contribution in [0, 0.1) is 0 Å². The Bertz CT molecular complexity index is 1310. The zero-order valence-electron chi connectivity index (χ0n) is 23.1. The molecule has 0 aliphatic heterocycles. The van der Waals surface area contributed by atoms with Crippen LogP contribution in [0.15, 0.2) is 53.3 Å². The summed E-state index contributed by atoms with van der Waals surface area (Å²) in [4.78, 5) is 15.0. The first-order valence-corrected chi connectivity index (χ1v) is 14.5. The molecular formula is C31H43N5O2. The van der Waals surface area contributed by atoms with E-state index in [2.05, 4.69) is 22.2 Å². The molecule has 0 bridgehead atoms. The number of unbranched alkanes of at least 4 members (excludes halogenated alkanes) is 12. The van der Waals surface area contributed by atoms with E-state index in [0.717, 1.165) is 36.2 Å². The molecule has 0 aliphatic rings. The fraction of sp³-hybridized carbons (Fsp3) is 0.516. The van der Waals surface area contributed by atoms with Crippen LogP contribution >= 0.6 is 0 Å². The Labute approximate surface area is 226 Å². The molecule has 0 amide bonds. The molecule has 2 heterocycles. The van der Waals surface area contributed by atoms with Gasteiger partial charge in [0.25, 0.3) is 5.56 Å². The van der Waals surface area contributed by atoms with Gasteiger partial charge in [-0.25, -0.2) is 4.68 Å². The van der Waals surface area contributed by atoms with E-state index in [9.17, 15) is 4.79 Å². The Morgan fingerprint density at radius 1 is 0.763 bits per heavy atom. The highest BCUT2D eigenvalue weighted by molar-refractivity contribution is 5.75. The second-order valence-electron chi connectivity index (χ2n) is 10.3. The van der Waals surface area contributed by atoms with E-state index in [1.54, 1.807) is 11.8 Å². The number of rotatable bonds is 17. The van der Waals surface area contributed by atoms with E-state index in [1.807, 2.05) is 48.5 Å². The lowest BCUT2D eigenvalue weighted by Crippen LogP contribution is -2.19. The van der Waals surface area contributed by atoms with Gasteiger partial charge in [-0.1, -0.05) is 102 Å². The van der Waals surface area contributed by atoms with Gasteiger partial charge in [-0.15, -0.1) is 15.0 Å². The predicted molar refractivity (Wildman–Crippen MR) is 155 cm³/mol. The first-order valence-electron chi connectivity index (χ1n) is 14.5. The van der Waals surface area contributed by atoms with Gasteiger partial charge in [0, 0.05) is 6.07 Å². The number of aromatic nitrogens is 5. The second kappa shape index (κ2) is 14.6. The lowest BCUT2D eigenvalue weighted by Gasteiger charge is -2.04. The van der Waals surface area contributed by atoms with Gasteiger partial charge in [-0.05, 0) is 37.1 Å². The van der Waals surface area contributed by atoms with E-state index < -0.39 is 0 Å². The van der Waals surface area contributed by atoms with E-state index in [1.165, 1.54) is 75.4 Å². The number of hydrogen-bond donors (Lipinski definition) is 1. The standard InChI is InChI=1S/C31H43N5O2/c1-3-4-5-6-7-8-9-10-11-12-13-14-18-21-28-30(31(37)35(32-28)25-19-16-15-17-20-25)36-33-27-23-22-26(38-2)24-29(27)34-36/h15-17,19-20,22-24,32H,3-14,18,21H2,1-2H3. The molecule has 0 saturated heterocycles. The summed E-state index contributed by atoms with van der Waals surface area (Å²) in [6.07, 6.45) is 17.8. The van der Waals surface area contributed by atoms with Crippen molar-refractivity contribution >= 4 is 11.0 Å². The number of hydrogen-bond acceptors (Lipinski definition) is 4. The van der Waals surface area contributed by atoms with Gasteiger partial charge < -0.3 is 4.74 Å². The Morgan fingerprint density at radius 2 is 1.37 bits per heavy atom. The highest BCUT2D eigenvalue weighted by Gasteiger charge is 2.19. The molecule has 0 unspecified atom stereocenters. The van der Waals surface area contributed by atoms with E-state index in [-0.39, 0.29) is 5.56 Å². The van der Waals surface area contributed by atoms with E-state index >= 15 is 0 Å². The number of nitrogens with zero attached hydrogens (tertiary/aromatic N) is 4. The molecule has 7 nitrogen and oxygen atoms in total. The molecule has 38 heavy (non-hydrogen) atoms. The van der Waals surface area contributed by atoms with Crippen LogP contribution in [0.4, 0.5) is 0 Å². The highest BCUT2D eigenvalue weighted by atomic mass is 16.5. The van der Waals surface area contributed by atoms with Crippen LogP contribution in [0.25, 0.3) is 22.4 Å². The molecule has 4 rings (SSSR count). The fourth-order valence-electron chi connectivity index (χ4n) is 5.05. The Balaban J connectivity index is 1.35. The van der Waals surface area contributed by atoms with Crippen LogP contribution in [-0.2, 0) is 6.42 Å². The summed E-state index contributed by atoms with van der Waals surface area (Å²) in [5, 5.41) is 12.6. The molecule has 0 atom stereocenters. The summed E-state index contributed by atoms with van der Waals surface area (Å²) >= 11 is 0. The maximum Gasteiger partial charge on any atom is 0.299 e. The molecule has 7 heteroatoms. The Morgan fingerprint density at radius 3 is 2.00 bits per heavy atom. The van der Waals surface area contributed by atoms with Crippen molar-refractivity contribution in [2.75, 3.05) is 7.11 Å². The van der Waals surface area contributed by atoms with Crippen LogP contribution in [0.2, 0.25) is 0 Å². The van der Waals surface area contributed by atoms with Crippen LogP contribution in [-0.4, -0.2) is 31.9 Å². The quantitative estimate of drug-likeness (QED) is 0.147. The van der Waals surface area contributed by atoms with E-state index in [0.29, 0.717) is 17.0 Å². The smallest absolute Gasteiger partial charge is 0.299 e. The van der Waals surface area contributed by atoms with E-state index in [4.69, 9.17) is 4.74 Å². The van der Waals surface area contributed by atoms with Crippen molar-refractivity contribution in [3.05, 3.63) is 64.6 Å². The summed E-state index contributed by atoms with van der Waals surface area (Å²) in [5.74, 6) is 0.715. The molecule has 0 saturated carbocycles. The largest absolute Gasteiger partial charge is 0.497 e. The number of methoxy groups -OCH3 is 1. The zero-order chi connectivity index (χ0) is 26.6. The minimum atomic E-state index is -0.145. The van der Waals surface area contributed by atoms with Crippen molar-refractivity contribution in [2.24, 2.45) is 0 Å². The van der Waals surface area contributed by atoms with Crippen LogP contribution in [0.3, 0.4) is 0 Å². The van der Waals surface area contributed by atoms with Gasteiger partial charge in [0.1, 0.15) is 16.8 Å². The first kappa shape index (κ1) is 27.7. The third kappa shape index (κ3) is 7.36. The highest BCUT2D eigenvalue weighted by Crippen LogP contribution is 2.20. The average Bonchev–Trinajstić information content (AvgIpc) is 3.51. The van der Waals surface area contributed by atoms with Gasteiger partial charge in [0.15, 0.2) is 5.69 Å². The zero-order valence-corrected chi connectivity index (χ0v) is 23.1. The molecule has 2 aromatic carbocycles. The normalized spacial score (nSPS) is 11.4. The summed E-state index contributed by atoms with van der Waals surface area (Å²) < 4.78 is 6.93. The Kier molecular flexibility index (Phi) is 10.6. The molecular weight excluding hydrogens is 474 g/mol. The number of para-hydroxylation sites is 1. The number of nitrogens with one attached hydrogen (secondary N) is 1. The molecule has 0 fully saturated rings. The van der Waals surface area contributed by atoms with Crippen molar-refractivity contribution in [3.63, 3.8) is 0 Å². The maximum atomic E-state index is 13.5. The van der Waals surface area contributed by atoms with Crippen molar-refractivity contribution < 1.29 is 4.74 Å². The summed E-state index contributed by atoms with van der Waals surface area (Å²) in [6.45, 7) is 2.27. The summed E-state index contributed by atoms with van der Waals surface area (Å²) in [5.41, 5.74) is 3.44. The number of benzene rings is 2. The third-order valence-electron chi connectivity index (χ3n) is 7.27. The number of ether oxygens (including phenoxy) is 1. The Hall–Kier alpha value is -3.35. The SMILES string of the molecule is CCCCCCCCCCCCCCCc1[nH]n(-c2ccccc2)c(=O)c1-n1nc2ccc(OC)cc2n1. The van der Waals surface area contributed by atoms with Crippen LogP contribution in [0.1, 0.15) is 96.1 Å². The van der Waals surface area contributed by atoms with Crippen molar-refractivity contribution in [3.8, 4) is 17.1 Å². The molecule has 0 aliphatic carbocycles. The van der Waals surface area contributed by atoms with Crippen molar-refractivity contribution in [1.82, 2.24) is 24.8 Å². The first-order chi connectivity index (χ1) is 18.7. The topological polar surface area (TPSA) is 77.7 Å². The lowest BCUT2D eigenvalue weighted by molar-refractivity contribution is 0.415. The minimum Gasteiger partial charge on any atom is -0.497 e. The van der Waals surface area contributed by atoms with Crippen molar-refractivity contribution in [1.29, 1.82) is 0 Å².